The van der Waals surface area contributed by atoms with Gasteiger partial charge in [-0.15, -0.1) is 0 Å². The summed E-state index contributed by atoms with van der Waals surface area (Å²) in [7, 11) is 0. The van der Waals surface area contributed by atoms with Crippen molar-refractivity contribution in [2.75, 3.05) is 5.73 Å². The molecule has 0 fully saturated rings. The second-order valence-electron chi connectivity index (χ2n) is 3.95. The highest BCUT2D eigenvalue weighted by Crippen LogP contribution is 2.26. The minimum absolute atomic E-state index is 0.0395. The van der Waals surface area contributed by atoms with Gasteiger partial charge >= 0.3 is 0 Å². The number of fused-ring (bicyclic) bond motifs is 1. The first-order chi connectivity index (χ1) is 7.61. The van der Waals surface area contributed by atoms with Gasteiger partial charge in [0.1, 0.15) is 0 Å². The van der Waals surface area contributed by atoms with Crippen LogP contribution in [0, 0.1) is 11.3 Å². The largest absolute Gasteiger partial charge is 0.398 e. The lowest BCUT2D eigenvalue weighted by molar-refractivity contribution is 0.820. The van der Waals surface area contributed by atoms with E-state index < -0.39 is 0 Å². The van der Waals surface area contributed by atoms with Crippen LogP contribution in [0.25, 0.3) is 10.8 Å². The summed E-state index contributed by atoms with van der Waals surface area (Å²) in [4.78, 5) is 0. The average Bonchev–Trinajstić information content (AvgIpc) is 2.28. The van der Waals surface area contributed by atoms with Crippen molar-refractivity contribution >= 4 is 16.5 Å². The minimum atomic E-state index is -0.0395. The molecule has 0 heterocycles. The maximum absolute atomic E-state index is 8.82. The van der Waals surface area contributed by atoms with Crippen LogP contribution >= 0.6 is 0 Å². The molecule has 2 rings (SSSR count). The summed E-state index contributed by atoms with van der Waals surface area (Å²) in [5, 5.41) is 10.7. The van der Waals surface area contributed by atoms with Crippen molar-refractivity contribution in [1.29, 1.82) is 5.26 Å². The number of nitriles is 1. The summed E-state index contributed by atoms with van der Waals surface area (Å²) >= 11 is 0. The third-order valence-corrected chi connectivity index (χ3v) is 2.66. The second kappa shape index (κ2) is 3.84. The van der Waals surface area contributed by atoms with Crippen molar-refractivity contribution in [2.45, 2.75) is 13.0 Å². The zero-order valence-corrected chi connectivity index (χ0v) is 9.07. The number of nitrogens with zero attached hydrogens (tertiary/aromatic N) is 1. The molecule has 0 bridgehead atoms. The smallest absolute Gasteiger partial charge is 0.0991 e. The van der Waals surface area contributed by atoms with E-state index in [1.807, 2.05) is 25.1 Å². The Morgan fingerprint density at radius 3 is 2.62 bits per heavy atom. The number of hydrogen-bond donors (Lipinski definition) is 2. The van der Waals surface area contributed by atoms with E-state index in [0.29, 0.717) is 11.3 Å². The van der Waals surface area contributed by atoms with Gasteiger partial charge in [0.15, 0.2) is 0 Å². The number of nitrogens with two attached hydrogens (primary N) is 2. The van der Waals surface area contributed by atoms with Gasteiger partial charge in [-0.3, -0.25) is 0 Å². The molecule has 2 aromatic carbocycles. The van der Waals surface area contributed by atoms with E-state index in [9.17, 15) is 0 Å². The molecule has 16 heavy (non-hydrogen) atoms. The van der Waals surface area contributed by atoms with Crippen molar-refractivity contribution in [3.05, 3.63) is 41.5 Å². The van der Waals surface area contributed by atoms with Crippen LogP contribution in [-0.2, 0) is 0 Å². The first-order valence-corrected chi connectivity index (χ1v) is 5.10. The van der Waals surface area contributed by atoms with Gasteiger partial charge < -0.3 is 11.5 Å². The lowest BCUT2D eigenvalue weighted by Gasteiger charge is -2.10. The lowest BCUT2D eigenvalue weighted by atomic mass is 10.00. The maximum atomic E-state index is 8.82. The zero-order chi connectivity index (χ0) is 11.7. The Bertz CT molecular complexity index is 579. The van der Waals surface area contributed by atoms with Gasteiger partial charge in [-0.2, -0.15) is 5.26 Å². The van der Waals surface area contributed by atoms with Crippen LogP contribution in [0.1, 0.15) is 24.1 Å². The minimum Gasteiger partial charge on any atom is -0.398 e. The van der Waals surface area contributed by atoms with Gasteiger partial charge in [0.2, 0.25) is 0 Å². The van der Waals surface area contributed by atoms with Crippen LogP contribution in [0.4, 0.5) is 5.69 Å². The number of benzene rings is 2. The standard InChI is InChI=1S/C13H13N3/c1-8(15)11-5-10-3-2-9(7-14)4-12(10)13(16)6-11/h2-6,8H,15-16H2,1H3/t8-/m1/s1. The molecule has 0 radical (unpaired) electrons. The maximum Gasteiger partial charge on any atom is 0.0991 e. The molecule has 0 saturated carbocycles. The fourth-order valence-electron chi connectivity index (χ4n) is 1.74. The highest BCUT2D eigenvalue weighted by Gasteiger charge is 2.05. The van der Waals surface area contributed by atoms with Gasteiger partial charge in [-0.1, -0.05) is 6.07 Å². The van der Waals surface area contributed by atoms with Crippen LogP contribution in [0.2, 0.25) is 0 Å². The van der Waals surface area contributed by atoms with Crippen LogP contribution in [0.5, 0.6) is 0 Å². The second-order valence-corrected chi connectivity index (χ2v) is 3.95. The predicted molar refractivity (Wildman–Crippen MR) is 65.7 cm³/mol. The molecule has 1 atom stereocenters. The molecular formula is C13H13N3. The van der Waals surface area contributed by atoms with E-state index >= 15 is 0 Å². The molecule has 3 nitrogen and oxygen atoms in total. The van der Waals surface area contributed by atoms with Gasteiger partial charge in [-0.25, -0.2) is 0 Å². The van der Waals surface area contributed by atoms with E-state index in [0.717, 1.165) is 16.3 Å². The molecule has 0 aliphatic rings. The molecular weight excluding hydrogens is 198 g/mol. The SMILES string of the molecule is C[C@@H](N)c1cc(N)c2cc(C#N)ccc2c1. The van der Waals surface area contributed by atoms with E-state index in [-0.39, 0.29) is 6.04 Å². The first-order valence-electron chi connectivity index (χ1n) is 5.10. The quantitative estimate of drug-likeness (QED) is 0.711. The molecule has 4 N–H and O–H groups in total. The summed E-state index contributed by atoms with van der Waals surface area (Å²) in [6.07, 6.45) is 0. The fourth-order valence-corrected chi connectivity index (χ4v) is 1.74. The van der Waals surface area contributed by atoms with Gasteiger partial charge in [0.05, 0.1) is 11.6 Å². The average molecular weight is 211 g/mol. The summed E-state index contributed by atoms with van der Waals surface area (Å²) in [6.45, 7) is 1.92. The van der Waals surface area contributed by atoms with E-state index in [1.165, 1.54) is 0 Å². The molecule has 0 saturated heterocycles. The molecule has 0 aromatic heterocycles. The number of nitrogen functional groups attached to an aromatic ring is 1. The summed E-state index contributed by atoms with van der Waals surface area (Å²) in [6, 6.07) is 11.4. The van der Waals surface area contributed by atoms with E-state index in [4.69, 9.17) is 16.7 Å². The summed E-state index contributed by atoms with van der Waals surface area (Å²) in [5.74, 6) is 0. The Labute approximate surface area is 94.3 Å². The van der Waals surface area contributed by atoms with Crippen molar-refractivity contribution in [1.82, 2.24) is 0 Å². The first kappa shape index (κ1) is 10.5. The summed E-state index contributed by atoms with van der Waals surface area (Å²) < 4.78 is 0. The van der Waals surface area contributed by atoms with Crippen molar-refractivity contribution in [3.8, 4) is 6.07 Å². The predicted octanol–water partition coefficient (Wildman–Crippen LogP) is 2.31. The van der Waals surface area contributed by atoms with Gasteiger partial charge in [0.25, 0.3) is 0 Å². The molecule has 80 valence electrons. The van der Waals surface area contributed by atoms with Crippen LogP contribution in [-0.4, -0.2) is 0 Å². The Hall–Kier alpha value is -2.05. The van der Waals surface area contributed by atoms with Crippen LogP contribution < -0.4 is 11.5 Å². The zero-order valence-electron chi connectivity index (χ0n) is 9.07. The molecule has 2 aromatic rings. The van der Waals surface area contributed by atoms with Crippen molar-refractivity contribution in [2.24, 2.45) is 5.73 Å². The van der Waals surface area contributed by atoms with Gasteiger partial charge in [0, 0.05) is 17.1 Å². The topological polar surface area (TPSA) is 75.8 Å². The van der Waals surface area contributed by atoms with Crippen molar-refractivity contribution < 1.29 is 0 Å². The third-order valence-electron chi connectivity index (χ3n) is 2.66. The van der Waals surface area contributed by atoms with Crippen LogP contribution in [0.3, 0.4) is 0 Å². The normalized spacial score (nSPS) is 12.3. The Morgan fingerprint density at radius 2 is 2.00 bits per heavy atom. The van der Waals surface area contributed by atoms with E-state index in [2.05, 4.69) is 6.07 Å². The number of anilines is 1. The Balaban J connectivity index is 2.72. The van der Waals surface area contributed by atoms with E-state index in [1.54, 1.807) is 12.1 Å². The molecule has 0 aliphatic carbocycles. The molecule has 0 aliphatic heterocycles. The lowest BCUT2D eigenvalue weighted by Crippen LogP contribution is -2.05. The monoisotopic (exact) mass is 211 g/mol. The third kappa shape index (κ3) is 1.71. The Morgan fingerprint density at radius 1 is 1.25 bits per heavy atom. The fraction of sp³-hybridized carbons (Fsp3) is 0.154. The molecule has 0 unspecified atom stereocenters. The van der Waals surface area contributed by atoms with Gasteiger partial charge in [-0.05, 0) is 42.1 Å². The molecule has 0 spiro atoms. The van der Waals surface area contributed by atoms with Crippen LogP contribution in [0.15, 0.2) is 30.3 Å². The molecule has 0 amide bonds. The highest BCUT2D eigenvalue weighted by atomic mass is 14.6. The number of hydrogen-bond acceptors (Lipinski definition) is 3. The Kier molecular flexibility index (Phi) is 2.51. The molecule has 3 heteroatoms. The summed E-state index contributed by atoms with van der Waals surface area (Å²) in [5.41, 5.74) is 14.1. The highest BCUT2D eigenvalue weighted by molar-refractivity contribution is 5.94. The van der Waals surface area contributed by atoms with Crippen molar-refractivity contribution in [3.63, 3.8) is 0 Å². The number of rotatable bonds is 1.